The fourth-order valence-corrected chi connectivity index (χ4v) is 1.66. The zero-order valence-corrected chi connectivity index (χ0v) is 11.6. The second kappa shape index (κ2) is 6.26. The Labute approximate surface area is 112 Å². The maximum Gasteiger partial charge on any atom is 0.319 e. The molecule has 0 spiro atoms. The number of hydrogen-bond donors (Lipinski definition) is 1. The van der Waals surface area contributed by atoms with Gasteiger partial charge < -0.3 is 10.1 Å². The van der Waals surface area contributed by atoms with Crippen molar-refractivity contribution in [2.75, 3.05) is 11.9 Å². The molecular weight excluding hydrogens is 246 g/mol. The SMILES string of the molecule is CCOC(=O)C(C(=O)Nc1cncnc1)C(C)(C)C. The third-order valence-corrected chi connectivity index (χ3v) is 2.48. The Bertz CT molecular complexity index is 440. The second-order valence-electron chi connectivity index (χ2n) is 5.17. The fraction of sp³-hybridized carbons (Fsp3) is 0.538. The Morgan fingerprint density at radius 3 is 2.37 bits per heavy atom. The van der Waals surface area contributed by atoms with Crippen LogP contribution in [0.4, 0.5) is 5.69 Å². The molecule has 6 nitrogen and oxygen atoms in total. The van der Waals surface area contributed by atoms with E-state index >= 15 is 0 Å². The van der Waals surface area contributed by atoms with Crippen LogP contribution in [0.25, 0.3) is 0 Å². The van der Waals surface area contributed by atoms with E-state index in [-0.39, 0.29) is 6.61 Å². The molecule has 0 saturated carbocycles. The van der Waals surface area contributed by atoms with E-state index in [1.165, 1.54) is 18.7 Å². The van der Waals surface area contributed by atoms with Gasteiger partial charge in [0.05, 0.1) is 24.7 Å². The smallest absolute Gasteiger partial charge is 0.319 e. The predicted molar refractivity (Wildman–Crippen MR) is 70.2 cm³/mol. The lowest BCUT2D eigenvalue weighted by Crippen LogP contribution is -2.40. The molecular formula is C13H19N3O3. The number of nitrogens with zero attached hydrogens (tertiary/aromatic N) is 2. The molecule has 6 heteroatoms. The van der Waals surface area contributed by atoms with Crippen LogP contribution in [0, 0.1) is 11.3 Å². The molecule has 0 bridgehead atoms. The van der Waals surface area contributed by atoms with E-state index in [9.17, 15) is 9.59 Å². The average Bonchev–Trinajstić information content (AvgIpc) is 2.28. The number of amides is 1. The maximum absolute atomic E-state index is 12.2. The van der Waals surface area contributed by atoms with Crippen molar-refractivity contribution < 1.29 is 14.3 Å². The number of rotatable bonds is 4. The van der Waals surface area contributed by atoms with Crippen LogP contribution < -0.4 is 5.32 Å². The normalized spacial score (nSPS) is 12.6. The Morgan fingerprint density at radius 1 is 1.32 bits per heavy atom. The molecule has 1 aromatic heterocycles. The minimum Gasteiger partial charge on any atom is -0.465 e. The average molecular weight is 265 g/mol. The molecule has 19 heavy (non-hydrogen) atoms. The van der Waals surface area contributed by atoms with Crippen LogP contribution in [-0.2, 0) is 14.3 Å². The van der Waals surface area contributed by atoms with E-state index < -0.39 is 23.2 Å². The number of nitrogens with one attached hydrogen (secondary N) is 1. The second-order valence-corrected chi connectivity index (χ2v) is 5.17. The molecule has 0 aliphatic rings. The summed E-state index contributed by atoms with van der Waals surface area (Å²) in [5.74, 6) is -1.82. The molecule has 1 unspecified atom stereocenters. The van der Waals surface area contributed by atoms with Gasteiger partial charge in [-0.1, -0.05) is 20.8 Å². The van der Waals surface area contributed by atoms with Crippen molar-refractivity contribution in [3.05, 3.63) is 18.7 Å². The molecule has 0 saturated heterocycles. The number of carbonyl (C=O) groups excluding carboxylic acids is 2. The van der Waals surface area contributed by atoms with Crippen molar-refractivity contribution in [2.24, 2.45) is 11.3 Å². The summed E-state index contributed by atoms with van der Waals surface area (Å²) in [6.45, 7) is 7.40. The van der Waals surface area contributed by atoms with Gasteiger partial charge in [0.25, 0.3) is 0 Å². The van der Waals surface area contributed by atoms with Crippen LogP contribution in [0.3, 0.4) is 0 Å². The Balaban J connectivity index is 2.87. The van der Waals surface area contributed by atoms with Crippen LogP contribution in [0.2, 0.25) is 0 Å². The van der Waals surface area contributed by atoms with Gasteiger partial charge >= 0.3 is 5.97 Å². The van der Waals surface area contributed by atoms with Crippen molar-refractivity contribution in [1.82, 2.24) is 9.97 Å². The van der Waals surface area contributed by atoms with Crippen LogP contribution in [0.1, 0.15) is 27.7 Å². The summed E-state index contributed by atoms with van der Waals surface area (Å²) in [6.07, 6.45) is 4.30. The quantitative estimate of drug-likeness (QED) is 0.661. The highest BCUT2D eigenvalue weighted by Gasteiger charge is 2.38. The number of hydrogen-bond acceptors (Lipinski definition) is 5. The lowest BCUT2D eigenvalue weighted by atomic mass is 9.80. The zero-order valence-electron chi connectivity index (χ0n) is 11.6. The minimum atomic E-state index is -0.882. The first-order valence-corrected chi connectivity index (χ1v) is 6.08. The van der Waals surface area contributed by atoms with Crippen molar-refractivity contribution in [3.63, 3.8) is 0 Å². The molecule has 0 fully saturated rings. The minimum absolute atomic E-state index is 0.243. The summed E-state index contributed by atoms with van der Waals surface area (Å²) in [5.41, 5.74) is -0.0857. The van der Waals surface area contributed by atoms with Crippen LogP contribution in [0.5, 0.6) is 0 Å². The first-order valence-electron chi connectivity index (χ1n) is 6.08. The summed E-state index contributed by atoms with van der Waals surface area (Å²) in [7, 11) is 0. The standard InChI is InChI=1S/C13H19N3O3/c1-5-19-12(18)10(13(2,3)4)11(17)16-9-6-14-8-15-7-9/h6-8,10H,5H2,1-4H3,(H,16,17). The van der Waals surface area contributed by atoms with Crippen LogP contribution >= 0.6 is 0 Å². The summed E-state index contributed by atoms with van der Waals surface area (Å²) < 4.78 is 4.96. The Hall–Kier alpha value is -1.98. The van der Waals surface area contributed by atoms with Gasteiger partial charge in [0.1, 0.15) is 12.2 Å². The van der Waals surface area contributed by atoms with Gasteiger partial charge in [0.15, 0.2) is 0 Å². The van der Waals surface area contributed by atoms with Crippen molar-refractivity contribution in [1.29, 1.82) is 0 Å². The van der Waals surface area contributed by atoms with E-state index in [0.29, 0.717) is 5.69 Å². The van der Waals surface area contributed by atoms with Crippen LogP contribution in [-0.4, -0.2) is 28.5 Å². The molecule has 1 aromatic rings. The van der Waals surface area contributed by atoms with E-state index in [0.717, 1.165) is 0 Å². The van der Waals surface area contributed by atoms with Crippen molar-refractivity contribution in [3.8, 4) is 0 Å². The number of aromatic nitrogens is 2. The molecule has 1 rings (SSSR count). The first kappa shape index (κ1) is 15.1. The highest BCUT2D eigenvalue weighted by molar-refractivity contribution is 6.05. The van der Waals surface area contributed by atoms with Gasteiger partial charge in [-0.05, 0) is 12.3 Å². The molecule has 0 aromatic carbocycles. The van der Waals surface area contributed by atoms with Crippen molar-refractivity contribution in [2.45, 2.75) is 27.7 Å². The molecule has 1 heterocycles. The fourth-order valence-electron chi connectivity index (χ4n) is 1.66. The molecule has 1 amide bonds. The van der Waals surface area contributed by atoms with Crippen LogP contribution in [0.15, 0.2) is 18.7 Å². The summed E-state index contributed by atoms with van der Waals surface area (Å²) in [5, 5.41) is 2.62. The summed E-state index contributed by atoms with van der Waals surface area (Å²) >= 11 is 0. The number of carbonyl (C=O) groups is 2. The molecule has 104 valence electrons. The van der Waals surface area contributed by atoms with Gasteiger partial charge in [0.2, 0.25) is 5.91 Å². The highest BCUT2D eigenvalue weighted by Crippen LogP contribution is 2.28. The third-order valence-electron chi connectivity index (χ3n) is 2.48. The number of anilines is 1. The molecule has 0 radical (unpaired) electrons. The third kappa shape index (κ3) is 4.31. The van der Waals surface area contributed by atoms with Gasteiger partial charge in [-0.15, -0.1) is 0 Å². The molecule has 0 aliphatic carbocycles. The predicted octanol–water partition coefficient (Wildman–Crippen LogP) is 1.64. The molecule has 0 aliphatic heterocycles. The van der Waals surface area contributed by atoms with Gasteiger partial charge in [-0.2, -0.15) is 0 Å². The van der Waals surface area contributed by atoms with E-state index in [1.807, 2.05) is 20.8 Å². The lowest BCUT2D eigenvalue weighted by Gasteiger charge is -2.27. The summed E-state index contributed by atoms with van der Waals surface area (Å²) in [6, 6.07) is 0. The molecule has 1 atom stereocenters. The van der Waals surface area contributed by atoms with Gasteiger partial charge in [-0.25, -0.2) is 9.97 Å². The first-order chi connectivity index (χ1) is 8.86. The lowest BCUT2D eigenvalue weighted by molar-refractivity contribution is -0.155. The number of ether oxygens (including phenoxy) is 1. The topological polar surface area (TPSA) is 81.2 Å². The zero-order chi connectivity index (χ0) is 14.5. The van der Waals surface area contributed by atoms with E-state index in [4.69, 9.17) is 4.74 Å². The van der Waals surface area contributed by atoms with Gasteiger partial charge in [0, 0.05) is 0 Å². The summed E-state index contributed by atoms with van der Waals surface area (Å²) in [4.78, 5) is 31.7. The largest absolute Gasteiger partial charge is 0.465 e. The number of esters is 1. The van der Waals surface area contributed by atoms with E-state index in [2.05, 4.69) is 15.3 Å². The Morgan fingerprint density at radius 2 is 1.89 bits per heavy atom. The Kier molecular flexibility index (Phi) is 4.97. The maximum atomic E-state index is 12.2. The van der Waals surface area contributed by atoms with E-state index in [1.54, 1.807) is 6.92 Å². The monoisotopic (exact) mass is 265 g/mol. The van der Waals surface area contributed by atoms with Crippen molar-refractivity contribution >= 4 is 17.6 Å². The highest BCUT2D eigenvalue weighted by atomic mass is 16.5. The molecule has 1 N–H and O–H groups in total. The van der Waals surface area contributed by atoms with Gasteiger partial charge in [-0.3, -0.25) is 9.59 Å².